The number of nitrogens with one attached hydrogen (secondary N) is 1. The fraction of sp³-hybridized carbons (Fsp3) is 0.733. The van der Waals surface area contributed by atoms with Crippen molar-refractivity contribution in [1.82, 2.24) is 5.32 Å². The van der Waals surface area contributed by atoms with Crippen LogP contribution < -0.4 is 5.32 Å². The van der Waals surface area contributed by atoms with E-state index in [1.165, 1.54) is 32.1 Å². The maximum Gasteiger partial charge on any atom is 0.120 e. The Hall–Kier alpha value is -0.760. The first-order chi connectivity index (χ1) is 8.35. The smallest absolute Gasteiger partial charge is 0.120 e. The van der Waals surface area contributed by atoms with Crippen LogP contribution in [-0.2, 0) is 0 Å². The van der Waals surface area contributed by atoms with E-state index in [1.807, 2.05) is 6.07 Å². The van der Waals surface area contributed by atoms with E-state index in [-0.39, 0.29) is 0 Å². The van der Waals surface area contributed by atoms with E-state index in [1.54, 1.807) is 6.26 Å². The van der Waals surface area contributed by atoms with E-state index in [4.69, 9.17) is 4.42 Å². The normalized spacial score (nSPS) is 26.9. The van der Waals surface area contributed by atoms with Gasteiger partial charge < -0.3 is 9.73 Å². The zero-order valence-corrected chi connectivity index (χ0v) is 11.1. The molecule has 0 aromatic carbocycles. The van der Waals surface area contributed by atoms with Crippen molar-refractivity contribution in [1.29, 1.82) is 0 Å². The molecule has 1 fully saturated rings. The van der Waals surface area contributed by atoms with Crippen molar-refractivity contribution >= 4 is 0 Å². The highest BCUT2D eigenvalue weighted by molar-refractivity contribution is 5.05. The average Bonchev–Trinajstić information content (AvgIpc) is 2.90. The summed E-state index contributed by atoms with van der Waals surface area (Å²) in [4.78, 5) is 0. The summed E-state index contributed by atoms with van der Waals surface area (Å²) in [6.07, 6.45) is 9.68. The molecule has 1 aliphatic rings. The first-order valence-electron chi connectivity index (χ1n) is 7.14. The maximum absolute atomic E-state index is 5.53. The van der Waals surface area contributed by atoms with Gasteiger partial charge in [-0.1, -0.05) is 33.1 Å². The molecule has 17 heavy (non-hydrogen) atoms. The van der Waals surface area contributed by atoms with Crippen LogP contribution in [0.15, 0.2) is 22.8 Å². The Morgan fingerprint density at radius 1 is 1.35 bits per heavy atom. The summed E-state index contributed by atoms with van der Waals surface area (Å²) in [5.74, 6) is 1.95. The molecule has 0 radical (unpaired) electrons. The minimum atomic E-state index is 0.391. The molecule has 0 bridgehead atoms. The van der Waals surface area contributed by atoms with Crippen molar-refractivity contribution < 1.29 is 4.42 Å². The summed E-state index contributed by atoms with van der Waals surface area (Å²) >= 11 is 0. The first-order valence-corrected chi connectivity index (χ1v) is 7.14. The van der Waals surface area contributed by atoms with Gasteiger partial charge >= 0.3 is 0 Å². The SMILES string of the molecule is CCC(NC1CCCCC1CC)c1ccco1. The lowest BCUT2D eigenvalue weighted by Gasteiger charge is -2.34. The van der Waals surface area contributed by atoms with Crippen LogP contribution in [0.2, 0.25) is 0 Å². The summed E-state index contributed by atoms with van der Waals surface area (Å²) in [5.41, 5.74) is 0. The van der Waals surface area contributed by atoms with Crippen LogP contribution in [0.4, 0.5) is 0 Å². The minimum Gasteiger partial charge on any atom is -0.468 e. The van der Waals surface area contributed by atoms with E-state index >= 15 is 0 Å². The van der Waals surface area contributed by atoms with Gasteiger partial charge in [-0.15, -0.1) is 0 Å². The molecule has 1 N–H and O–H groups in total. The molecule has 1 heterocycles. The van der Waals surface area contributed by atoms with Gasteiger partial charge in [-0.3, -0.25) is 0 Å². The molecule has 2 nitrogen and oxygen atoms in total. The Balaban J connectivity index is 1.97. The number of furan rings is 1. The fourth-order valence-corrected chi connectivity index (χ4v) is 3.06. The molecule has 0 spiro atoms. The van der Waals surface area contributed by atoms with Crippen LogP contribution in [0.3, 0.4) is 0 Å². The molecular weight excluding hydrogens is 210 g/mol. The molecule has 1 aromatic heterocycles. The summed E-state index contributed by atoms with van der Waals surface area (Å²) in [6.45, 7) is 4.54. The minimum absolute atomic E-state index is 0.391. The van der Waals surface area contributed by atoms with Crippen LogP contribution in [0.5, 0.6) is 0 Å². The van der Waals surface area contributed by atoms with Crippen molar-refractivity contribution in [3.05, 3.63) is 24.2 Å². The zero-order valence-electron chi connectivity index (χ0n) is 11.1. The summed E-state index contributed by atoms with van der Waals surface area (Å²) in [7, 11) is 0. The van der Waals surface area contributed by atoms with Gasteiger partial charge in [0.05, 0.1) is 12.3 Å². The van der Waals surface area contributed by atoms with Gasteiger partial charge in [0, 0.05) is 6.04 Å². The molecule has 1 saturated carbocycles. The largest absolute Gasteiger partial charge is 0.468 e. The Morgan fingerprint density at radius 2 is 2.18 bits per heavy atom. The van der Waals surface area contributed by atoms with Crippen LogP contribution >= 0.6 is 0 Å². The van der Waals surface area contributed by atoms with Gasteiger partial charge in [-0.05, 0) is 37.3 Å². The van der Waals surface area contributed by atoms with Crippen LogP contribution in [0.25, 0.3) is 0 Å². The molecule has 1 aliphatic carbocycles. The molecule has 3 unspecified atom stereocenters. The highest BCUT2D eigenvalue weighted by atomic mass is 16.3. The zero-order chi connectivity index (χ0) is 12.1. The molecule has 96 valence electrons. The highest BCUT2D eigenvalue weighted by Gasteiger charge is 2.26. The molecule has 2 heteroatoms. The highest BCUT2D eigenvalue weighted by Crippen LogP contribution is 2.29. The number of rotatable bonds is 5. The standard InChI is InChI=1S/C15H25NO/c1-3-12-8-5-6-9-14(12)16-13(4-2)15-10-7-11-17-15/h7,10-14,16H,3-6,8-9H2,1-2H3. The van der Waals surface area contributed by atoms with E-state index in [9.17, 15) is 0 Å². The number of hydrogen-bond acceptors (Lipinski definition) is 2. The summed E-state index contributed by atoms with van der Waals surface area (Å²) < 4.78 is 5.53. The second-order valence-electron chi connectivity index (χ2n) is 5.20. The molecule has 0 amide bonds. The lowest BCUT2D eigenvalue weighted by Crippen LogP contribution is -2.40. The lowest BCUT2D eigenvalue weighted by molar-refractivity contribution is 0.225. The first kappa shape index (κ1) is 12.7. The third kappa shape index (κ3) is 3.12. The maximum atomic E-state index is 5.53. The average molecular weight is 235 g/mol. The third-order valence-electron chi connectivity index (χ3n) is 4.14. The van der Waals surface area contributed by atoms with Crippen LogP contribution in [0.1, 0.15) is 64.2 Å². The van der Waals surface area contributed by atoms with E-state index < -0.39 is 0 Å². The van der Waals surface area contributed by atoms with Gasteiger partial charge in [0.15, 0.2) is 0 Å². The predicted molar refractivity (Wildman–Crippen MR) is 70.9 cm³/mol. The lowest BCUT2D eigenvalue weighted by atomic mass is 9.82. The van der Waals surface area contributed by atoms with Gasteiger partial charge in [0.2, 0.25) is 0 Å². The quantitative estimate of drug-likeness (QED) is 0.823. The molecule has 0 saturated heterocycles. The van der Waals surface area contributed by atoms with E-state index in [0.29, 0.717) is 12.1 Å². The van der Waals surface area contributed by atoms with Gasteiger partial charge in [0.25, 0.3) is 0 Å². The second-order valence-corrected chi connectivity index (χ2v) is 5.20. The third-order valence-corrected chi connectivity index (χ3v) is 4.14. The van der Waals surface area contributed by atoms with Gasteiger partial charge in [-0.25, -0.2) is 0 Å². The molecule has 2 rings (SSSR count). The Bertz CT molecular complexity index is 307. The summed E-state index contributed by atoms with van der Waals surface area (Å²) in [5, 5.41) is 3.82. The van der Waals surface area contributed by atoms with Crippen molar-refractivity contribution in [3.8, 4) is 0 Å². The predicted octanol–water partition coefficient (Wildman–Crippen LogP) is 4.29. The van der Waals surface area contributed by atoms with Crippen molar-refractivity contribution in [2.75, 3.05) is 0 Å². The number of hydrogen-bond donors (Lipinski definition) is 1. The van der Waals surface area contributed by atoms with Crippen LogP contribution in [-0.4, -0.2) is 6.04 Å². The fourth-order valence-electron chi connectivity index (χ4n) is 3.06. The second kappa shape index (κ2) is 6.25. The van der Waals surface area contributed by atoms with E-state index in [2.05, 4.69) is 25.2 Å². The van der Waals surface area contributed by atoms with Gasteiger partial charge in [0.1, 0.15) is 5.76 Å². The van der Waals surface area contributed by atoms with Crippen molar-refractivity contribution in [3.63, 3.8) is 0 Å². The van der Waals surface area contributed by atoms with Gasteiger partial charge in [-0.2, -0.15) is 0 Å². The Kier molecular flexibility index (Phi) is 4.66. The Labute approximate surface area is 105 Å². The molecular formula is C15H25NO. The monoisotopic (exact) mass is 235 g/mol. The Morgan fingerprint density at radius 3 is 2.82 bits per heavy atom. The van der Waals surface area contributed by atoms with Crippen molar-refractivity contribution in [2.24, 2.45) is 5.92 Å². The summed E-state index contributed by atoms with van der Waals surface area (Å²) in [6, 6.07) is 5.15. The van der Waals surface area contributed by atoms with Crippen molar-refractivity contribution in [2.45, 2.75) is 64.5 Å². The molecule has 1 aromatic rings. The van der Waals surface area contributed by atoms with Crippen LogP contribution in [0, 0.1) is 5.92 Å². The molecule has 0 aliphatic heterocycles. The molecule has 3 atom stereocenters. The van der Waals surface area contributed by atoms with E-state index in [0.717, 1.165) is 18.1 Å². The topological polar surface area (TPSA) is 25.2 Å².